The molecule has 0 bridgehead atoms. The maximum atomic E-state index is 4.73. The third-order valence-electron chi connectivity index (χ3n) is 3.98. The van der Waals surface area contributed by atoms with Gasteiger partial charge in [-0.15, -0.1) is 0 Å². The highest BCUT2D eigenvalue weighted by atomic mass is 15.5. The SMILES string of the molecule is CN1N=C2CCCCC2C1c1cccn1C. The Morgan fingerprint density at radius 3 is 2.94 bits per heavy atom. The zero-order valence-electron chi connectivity index (χ0n) is 10.1. The molecule has 0 spiro atoms. The lowest BCUT2D eigenvalue weighted by molar-refractivity contribution is 0.231. The molecule has 0 saturated heterocycles. The van der Waals surface area contributed by atoms with Crippen molar-refractivity contribution in [2.24, 2.45) is 18.1 Å². The van der Waals surface area contributed by atoms with Crippen molar-refractivity contribution in [1.82, 2.24) is 9.58 Å². The Labute approximate surface area is 96.7 Å². The van der Waals surface area contributed by atoms with Gasteiger partial charge in [0.05, 0.1) is 6.04 Å². The number of aryl methyl sites for hydroxylation is 1. The molecule has 1 saturated carbocycles. The molecule has 3 rings (SSSR count). The van der Waals surface area contributed by atoms with Crippen molar-refractivity contribution in [3.05, 3.63) is 24.0 Å². The molecule has 1 aromatic heterocycles. The number of hydrogen-bond donors (Lipinski definition) is 0. The molecule has 2 aliphatic rings. The van der Waals surface area contributed by atoms with Crippen LogP contribution in [0.2, 0.25) is 0 Å². The summed E-state index contributed by atoms with van der Waals surface area (Å²) in [6, 6.07) is 4.83. The summed E-state index contributed by atoms with van der Waals surface area (Å²) in [6.45, 7) is 0. The molecule has 86 valence electrons. The van der Waals surface area contributed by atoms with Crippen molar-refractivity contribution in [2.75, 3.05) is 7.05 Å². The largest absolute Gasteiger partial charge is 0.353 e. The monoisotopic (exact) mass is 217 g/mol. The summed E-state index contributed by atoms with van der Waals surface area (Å²) in [7, 11) is 4.24. The highest BCUT2D eigenvalue weighted by molar-refractivity contribution is 5.89. The van der Waals surface area contributed by atoms with Gasteiger partial charge in [0.2, 0.25) is 0 Å². The summed E-state index contributed by atoms with van der Waals surface area (Å²) in [5.74, 6) is 0.660. The molecular formula is C13H19N3. The maximum Gasteiger partial charge on any atom is 0.0947 e. The Balaban J connectivity index is 1.94. The molecule has 0 aromatic carbocycles. The summed E-state index contributed by atoms with van der Waals surface area (Å²) in [6.07, 6.45) is 7.32. The van der Waals surface area contributed by atoms with Gasteiger partial charge in [0.15, 0.2) is 0 Å². The zero-order chi connectivity index (χ0) is 11.1. The van der Waals surface area contributed by atoms with E-state index in [4.69, 9.17) is 5.10 Å². The Morgan fingerprint density at radius 2 is 2.19 bits per heavy atom. The van der Waals surface area contributed by atoms with Crippen molar-refractivity contribution in [2.45, 2.75) is 31.7 Å². The number of aromatic nitrogens is 1. The standard InChI is InChI=1S/C13H19N3/c1-15-9-5-8-12(15)13-10-6-3-4-7-11(10)14-16(13)2/h5,8-10,13H,3-4,6-7H2,1-2H3. The minimum absolute atomic E-state index is 0.468. The average Bonchev–Trinajstić information content (AvgIpc) is 2.81. The first kappa shape index (κ1) is 9.94. The number of nitrogens with zero attached hydrogens (tertiary/aromatic N) is 3. The van der Waals surface area contributed by atoms with Crippen LogP contribution < -0.4 is 0 Å². The van der Waals surface area contributed by atoms with Crippen LogP contribution in [-0.4, -0.2) is 22.3 Å². The van der Waals surface area contributed by atoms with Gasteiger partial charge in [-0.3, -0.25) is 5.01 Å². The predicted octanol–water partition coefficient (Wildman–Crippen LogP) is 2.56. The van der Waals surface area contributed by atoms with E-state index in [1.807, 2.05) is 0 Å². The van der Waals surface area contributed by atoms with Crippen molar-refractivity contribution >= 4 is 5.71 Å². The minimum atomic E-state index is 0.468. The molecule has 1 aliphatic carbocycles. The van der Waals surface area contributed by atoms with Gasteiger partial charge in [-0.05, 0) is 31.4 Å². The van der Waals surface area contributed by atoms with E-state index in [1.165, 1.54) is 37.1 Å². The van der Waals surface area contributed by atoms with Gasteiger partial charge in [-0.1, -0.05) is 6.42 Å². The van der Waals surface area contributed by atoms with Crippen LogP contribution in [0.4, 0.5) is 0 Å². The molecule has 0 amide bonds. The summed E-state index contributed by atoms with van der Waals surface area (Å²) in [5.41, 5.74) is 2.83. The van der Waals surface area contributed by atoms with Crippen LogP contribution in [0.1, 0.15) is 37.4 Å². The van der Waals surface area contributed by atoms with Crippen molar-refractivity contribution < 1.29 is 0 Å². The first-order chi connectivity index (χ1) is 7.77. The molecule has 16 heavy (non-hydrogen) atoms. The lowest BCUT2D eigenvalue weighted by Gasteiger charge is -2.28. The Bertz CT molecular complexity index is 419. The highest BCUT2D eigenvalue weighted by Gasteiger charge is 2.38. The molecule has 1 fully saturated rings. The van der Waals surface area contributed by atoms with Crippen molar-refractivity contribution in [1.29, 1.82) is 0 Å². The molecule has 2 unspecified atom stereocenters. The topological polar surface area (TPSA) is 20.5 Å². The first-order valence-corrected chi connectivity index (χ1v) is 6.19. The van der Waals surface area contributed by atoms with Gasteiger partial charge in [0, 0.05) is 37.6 Å². The van der Waals surface area contributed by atoms with Gasteiger partial charge < -0.3 is 4.57 Å². The van der Waals surface area contributed by atoms with Crippen molar-refractivity contribution in [3.63, 3.8) is 0 Å². The predicted molar refractivity (Wildman–Crippen MR) is 65.3 cm³/mol. The Morgan fingerprint density at radius 1 is 1.31 bits per heavy atom. The summed E-state index contributed by atoms with van der Waals surface area (Å²) in [4.78, 5) is 0. The molecule has 2 heterocycles. The molecular weight excluding hydrogens is 198 g/mol. The summed E-state index contributed by atoms with van der Waals surface area (Å²) >= 11 is 0. The van der Waals surface area contributed by atoms with Crippen molar-refractivity contribution in [3.8, 4) is 0 Å². The quantitative estimate of drug-likeness (QED) is 0.708. The summed E-state index contributed by atoms with van der Waals surface area (Å²) in [5, 5.41) is 6.89. The highest BCUT2D eigenvalue weighted by Crippen LogP contribution is 2.40. The third kappa shape index (κ3) is 1.38. The van der Waals surface area contributed by atoms with Gasteiger partial charge in [-0.2, -0.15) is 5.10 Å². The molecule has 2 atom stereocenters. The maximum absolute atomic E-state index is 4.73. The third-order valence-corrected chi connectivity index (χ3v) is 3.98. The molecule has 0 radical (unpaired) electrons. The van der Waals surface area contributed by atoms with Gasteiger partial charge in [-0.25, -0.2) is 0 Å². The van der Waals surface area contributed by atoms with Crippen LogP contribution in [0.15, 0.2) is 23.4 Å². The first-order valence-electron chi connectivity index (χ1n) is 6.19. The van der Waals surface area contributed by atoms with Crippen LogP contribution in [0.25, 0.3) is 0 Å². The number of rotatable bonds is 1. The second-order valence-electron chi connectivity index (χ2n) is 5.01. The molecule has 3 nitrogen and oxygen atoms in total. The fourth-order valence-corrected chi connectivity index (χ4v) is 3.19. The Hall–Kier alpha value is -1.25. The fourth-order valence-electron chi connectivity index (χ4n) is 3.19. The van der Waals surface area contributed by atoms with E-state index in [1.54, 1.807) is 0 Å². The lowest BCUT2D eigenvalue weighted by Crippen LogP contribution is -2.26. The molecule has 1 aliphatic heterocycles. The van der Waals surface area contributed by atoms with Gasteiger partial charge in [0.1, 0.15) is 0 Å². The van der Waals surface area contributed by atoms with E-state index in [0.29, 0.717) is 12.0 Å². The van der Waals surface area contributed by atoms with E-state index < -0.39 is 0 Å². The number of hydrogen-bond acceptors (Lipinski definition) is 2. The van der Waals surface area contributed by atoms with Gasteiger partial charge >= 0.3 is 0 Å². The number of hydrazone groups is 1. The second-order valence-corrected chi connectivity index (χ2v) is 5.01. The zero-order valence-corrected chi connectivity index (χ0v) is 10.1. The normalized spacial score (nSPS) is 29.1. The minimum Gasteiger partial charge on any atom is -0.353 e. The van der Waals surface area contributed by atoms with E-state index in [9.17, 15) is 0 Å². The summed E-state index contributed by atoms with van der Waals surface area (Å²) < 4.78 is 2.23. The average molecular weight is 217 g/mol. The van der Waals surface area contributed by atoms with E-state index in [0.717, 1.165) is 0 Å². The van der Waals surface area contributed by atoms with Crippen LogP contribution in [-0.2, 0) is 7.05 Å². The lowest BCUT2D eigenvalue weighted by atomic mass is 9.82. The molecule has 3 heteroatoms. The Kier molecular flexibility index (Phi) is 2.27. The van der Waals surface area contributed by atoms with Crippen LogP contribution >= 0.6 is 0 Å². The van der Waals surface area contributed by atoms with E-state index >= 15 is 0 Å². The van der Waals surface area contributed by atoms with Gasteiger partial charge in [0.25, 0.3) is 0 Å². The van der Waals surface area contributed by atoms with Crippen LogP contribution in [0.5, 0.6) is 0 Å². The van der Waals surface area contributed by atoms with E-state index in [2.05, 4.69) is 42.0 Å². The smallest absolute Gasteiger partial charge is 0.0947 e. The molecule has 1 aromatic rings. The number of fused-ring (bicyclic) bond motifs is 1. The van der Waals surface area contributed by atoms with Crippen LogP contribution in [0, 0.1) is 5.92 Å². The second kappa shape index (κ2) is 3.65. The van der Waals surface area contributed by atoms with Crippen LogP contribution in [0.3, 0.4) is 0 Å². The fraction of sp³-hybridized carbons (Fsp3) is 0.615. The van der Waals surface area contributed by atoms with E-state index in [-0.39, 0.29) is 0 Å². The molecule has 0 N–H and O–H groups in total.